The Morgan fingerprint density at radius 3 is 2.48 bits per heavy atom. The van der Waals surface area contributed by atoms with Gasteiger partial charge in [0.25, 0.3) is 0 Å². The third-order valence-electron chi connectivity index (χ3n) is 4.87. The van der Waals surface area contributed by atoms with Gasteiger partial charge in [0.1, 0.15) is 17.2 Å². The Kier molecular flexibility index (Phi) is 5.62. The molecule has 3 aromatic carbocycles. The maximum atomic E-state index is 14.2. The lowest BCUT2D eigenvalue weighted by molar-refractivity contribution is 0.103. The summed E-state index contributed by atoms with van der Waals surface area (Å²) in [5, 5.41) is 2.66. The van der Waals surface area contributed by atoms with Crippen LogP contribution in [-0.4, -0.2) is 10.8 Å². The summed E-state index contributed by atoms with van der Waals surface area (Å²) in [6.07, 6.45) is 1.52. The predicted molar refractivity (Wildman–Crippen MR) is 124 cm³/mol. The van der Waals surface area contributed by atoms with E-state index < -0.39 is 11.4 Å². The van der Waals surface area contributed by atoms with Crippen molar-refractivity contribution in [2.45, 2.75) is 9.79 Å². The van der Waals surface area contributed by atoms with Gasteiger partial charge in [0, 0.05) is 38.4 Å². The van der Waals surface area contributed by atoms with E-state index in [0.29, 0.717) is 31.9 Å². The maximum Gasteiger partial charge on any atom is 0.336 e. The summed E-state index contributed by atoms with van der Waals surface area (Å²) in [6, 6.07) is 16.6. The minimum Gasteiger partial charge on any atom is -0.423 e. The van der Waals surface area contributed by atoms with Crippen molar-refractivity contribution >= 4 is 39.9 Å². The van der Waals surface area contributed by atoms with Gasteiger partial charge in [-0.1, -0.05) is 23.9 Å². The first kappa shape index (κ1) is 21.2. The Labute approximate surface area is 194 Å². The molecule has 2 heterocycles. The second-order valence-electron chi connectivity index (χ2n) is 7.09. The molecule has 0 spiro atoms. The summed E-state index contributed by atoms with van der Waals surface area (Å²) in [4.78, 5) is 29.9. The van der Waals surface area contributed by atoms with E-state index in [1.54, 1.807) is 35.7 Å². The number of ketones is 1. The molecule has 5 aromatic rings. The topological polar surface area (TPSA) is 60.2 Å². The maximum absolute atomic E-state index is 14.2. The monoisotopic (exact) mass is 477 g/mol. The molecule has 0 radical (unpaired) electrons. The summed E-state index contributed by atoms with van der Waals surface area (Å²) < 4.78 is 32.9. The summed E-state index contributed by atoms with van der Waals surface area (Å²) >= 11 is 2.43. The van der Waals surface area contributed by atoms with Crippen LogP contribution in [0.15, 0.2) is 97.3 Å². The normalized spacial score (nSPS) is 11.1. The third kappa shape index (κ3) is 4.48. The number of hydrogen-bond acceptors (Lipinski definition) is 6. The molecule has 33 heavy (non-hydrogen) atoms. The molecule has 0 aliphatic carbocycles. The molecule has 0 atom stereocenters. The summed E-state index contributed by atoms with van der Waals surface area (Å²) in [6.45, 7) is 0. The number of carbonyl (C=O) groups excluding carboxylic acids is 1. The second-order valence-corrected chi connectivity index (χ2v) is 9.13. The minimum absolute atomic E-state index is 0.207. The van der Waals surface area contributed by atoms with Gasteiger partial charge >= 0.3 is 5.63 Å². The highest BCUT2D eigenvalue weighted by atomic mass is 32.2. The number of carbonyl (C=O) groups is 1. The Morgan fingerprint density at radius 1 is 0.909 bits per heavy atom. The molecule has 5 rings (SSSR count). The van der Waals surface area contributed by atoms with E-state index in [0.717, 1.165) is 0 Å². The van der Waals surface area contributed by atoms with E-state index in [1.807, 2.05) is 6.07 Å². The highest BCUT2D eigenvalue weighted by molar-refractivity contribution is 7.99. The van der Waals surface area contributed by atoms with E-state index in [1.165, 1.54) is 59.6 Å². The van der Waals surface area contributed by atoms with Crippen LogP contribution in [0.25, 0.3) is 22.1 Å². The second kappa shape index (κ2) is 8.73. The van der Waals surface area contributed by atoms with Crippen LogP contribution in [0.1, 0.15) is 15.4 Å². The zero-order valence-corrected chi connectivity index (χ0v) is 18.4. The first-order valence-corrected chi connectivity index (χ1v) is 11.4. The van der Waals surface area contributed by atoms with Crippen molar-refractivity contribution in [3.05, 3.63) is 111 Å². The van der Waals surface area contributed by atoms with Crippen molar-refractivity contribution < 1.29 is 18.0 Å². The van der Waals surface area contributed by atoms with E-state index in [2.05, 4.69) is 4.98 Å². The predicted octanol–water partition coefficient (Wildman–Crippen LogP) is 6.58. The summed E-state index contributed by atoms with van der Waals surface area (Å²) in [5.74, 6) is -1.25. The van der Waals surface area contributed by atoms with Gasteiger partial charge in [-0.25, -0.2) is 18.6 Å². The molecule has 0 unspecified atom stereocenters. The fourth-order valence-electron chi connectivity index (χ4n) is 3.42. The number of aromatic nitrogens is 1. The standard InChI is InChI=1S/C25H13F2NO3S2/c26-16-3-1-14(2-4-16)21-13-23(29)31-22-12-18(5-6-20(21)22)33-19-10-15(9-17(27)11-19)24(30)25-28-7-8-32-25/h1-13H. The molecule has 0 bridgehead atoms. The molecule has 2 aromatic heterocycles. The first-order chi connectivity index (χ1) is 16.0. The SMILES string of the molecule is O=C(c1cc(F)cc(Sc2ccc3c(-c4ccc(F)cc4)cc(=O)oc3c2)c1)c1nccs1. The van der Waals surface area contributed by atoms with E-state index >= 15 is 0 Å². The molecular weight excluding hydrogens is 464 g/mol. The molecule has 8 heteroatoms. The van der Waals surface area contributed by atoms with Gasteiger partial charge in [-0.2, -0.15) is 0 Å². The summed E-state index contributed by atoms with van der Waals surface area (Å²) in [7, 11) is 0. The number of nitrogens with zero attached hydrogens (tertiary/aromatic N) is 1. The Morgan fingerprint density at radius 2 is 1.73 bits per heavy atom. The van der Waals surface area contributed by atoms with Crippen LogP contribution >= 0.6 is 23.1 Å². The minimum atomic E-state index is -0.536. The number of benzene rings is 3. The number of halogens is 2. The van der Waals surface area contributed by atoms with Gasteiger partial charge in [0.2, 0.25) is 5.78 Å². The average Bonchev–Trinajstić information content (AvgIpc) is 3.33. The fraction of sp³-hybridized carbons (Fsp3) is 0. The highest BCUT2D eigenvalue weighted by Crippen LogP contribution is 2.34. The molecular formula is C25H13F2NO3S2. The van der Waals surface area contributed by atoms with Crippen LogP contribution in [0.5, 0.6) is 0 Å². The Bertz CT molecular complexity index is 1550. The van der Waals surface area contributed by atoms with E-state index in [-0.39, 0.29) is 22.2 Å². The van der Waals surface area contributed by atoms with Gasteiger partial charge in [0.05, 0.1) is 0 Å². The molecule has 0 N–H and O–H groups in total. The van der Waals surface area contributed by atoms with Crippen LogP contribution in [0.2, 0.25) is 0 Å². The molecule has 0 aliphatic heterocycles. The van der Waals surface area contributed by atoms with Crippen molar-refractivity contribution in [2.75, 3.05) is 0 Å². The van der Waals surface area contributed by atoms with Crippen molar-refractivity contribution in [3.8, 4) is 11.1 Å². The Balaban J connectivity index is 1.51. The van der Waals surface area contributed by atoms with Gasteiger partial charge in [0.15, 0.2) is 5.01 Å². The van der Waals surface area contributed by atoms with Crippen LogP contribution in [0.3, 0.4) is 0 Å². The van der Waals surface area contributed by atoms with Gasteiger partial charge < -0.3 is 4.42 Å². The van der Waals surface area contributed by atoms with Crippen LogP contribution in [0.4, 0.5) is 8.78 Å². The van der Waals surface area contributed by atoms with E-state index in [4.69, 9.17) is 4.42 Å². The lowest BCUT2D eigenvalue weighted by Crippen LogP contribution is -2.01. The van der Waals surface area contributed by atoms with Gasteiger partial charge in [-0.3, -0.25) is 4.79 Å². The molecule has 0 aliphatic rings. The average molecular weight is 478 g/mol. The van der Waals surface area contributed by atoms with Crippen molar-refractivity contribution in [1.82, 2.24) is 4.98 Å². The lowest BCUT2D eigenvalue weighted by Gasteiger charge is -2.08. The Hall–Kier alpha value is -3.62. The first-order valence-electron chi connectivity index (χ1n) is 9.73. The van der Waals surface area contributed by atoms with Crippen molar-refractivity contribution in [1.29, 1.82) is 0 Å². The third-order valence-corrected chi connectivity index (χ3v) is 6.60. The molecule has 0 fully saturated rings. The van der Waals surface area contributed by atoms with Crippen molar-refractivity contribution in [2.24, 2.45) is 0 Å². The number of hydrogen-bond donors (Lipinski definition) is 0. The van der Waals surface area contributed by atoms with Crippen LogP contribution < -0.4 is 5.63 Å². The molecule has 162 valence electrons. The quantitative estimate of drug-likeness (QED) is 0.211. The smallest absolute Gasteiger partial charge is 0.336 e. The molecule has 0 amide bonds. The zero-order chi connectivity index (χ0) is 22.9. The summed E-state index contributed by atoms with van der Waals surface area (Å²) in [5.41, 5.74) is 1.33. The zero-order valence-electron chi connectivity index (χ0n) is 16.7. The molecule has 0 saturated heterocycles. The number of fused-ring (bicyclic) bond motifs is 1. The lowest BCUT2D eigenvalue weighted by atomic mass is 10.0. The fourth-order valence-corrected chi connectivity index (χ4v) is 4.95. The highest BCUT2D eigenvalue weighted by Gasteiger charge is 2.15. The number of thiazole rings is 1. The largest absolute Gasteiger partial charge is 0.423 e. The molecule has 0 saturated carbocycles. The number of rotatable bonds is 5. The van der Waals surface area contributed by atoms with Crippen LogP contribution in [0, 0.1) is 11.6 Å². The van der Waals surface area contributed by atoms with Crippen LogP contribution in [-0.2, 0) is 0 Å². The molecule has 4 nitrogen and oxygen atoms in total. The van der Waals surface area contributed by atoms with Crippen molar-refractivity contribution in [3.63, 3.8) is 0 Å². The van der Waals surface area contributed by atoms with Gasteiger partial charge in [-0.15, -0.1) is 11.3 Å². The van der Waals surface area contributed by atoms with Gasteiger partial charge in [-0.05, 0) is 59.7 Å². The van der Waals surface area contributed by atoms with E-state index in [9.17, 15) is 18.4 Å².